The summed E-state index contributed by atoms with van der Waals surface area (Å²) < 4.78 is 5.40. The number of rotatable bonds is 3. The molecule has 1 saturated heterocycles. The van der Waals surface area contributed by atoms with Crippen molar-refractivity contribution in [2.45, 2.75) is 4.90 Å². The maximum atomic E-state index is 12.5. The van der Waals surface area contributed by atoms with Gasteiger partial charge >= 0.3 is 0 Å². The van der Waals surface area contributed by atoms with Crippen LogP contribution in [0.25, 0.3) is 6.08 Å². The molecule has 138 valence electrons. The van der Waals surface area contributed by atoms with Gasteiger partial charge in [-0.05, 0) is 24.3 Å². The number of nitrogens with zero attached hydrogens (tertiary/aromatic N) is 2. The zero-order valence-corrected chi connectivity index (χ0v) is 15.2. The topological polar surface area (TPSA) is 84.7 Å². The van der Waals surface area contributed by atoms with Crippen LogP contribution in [0.15, 0.2) is 52.3 Å². The van der Waals surface area contributed by atoms with Crippen molar-refractivity contribution in [3.8, 4) is 0 Å². The summed E-state index contributed by atoms with van der Waals surface area (Å²) in [6.45, 7) is 2.62. The summed E-state index contributed by atoms with van der Waals surface area (Å²) >= 11 is 1.37. The Kier molecular flexibility index (Phi) is 4.83. The number of nitro groups is 1. The molecule has 1 amide bonds. The third-order valence-corrected chi connectivity index (χ3v) is 5.54. The molecule has 2 aliphatic rings. The summed E-state index contributed by atoms with van der Waals surface area (Å²) in [5.74, 6) is -0.210. The Morgan fingerprint density at radius 2 is 1.96 bits per heavy atom. The number of carbonyl (C=O) groups is 1. The molecule has 0 aromatic heterocycles. The summed E-state index contributed by atoms with van der Waals surface area (Å²) in [5.41, 5.74) is 2.30. The number of amides is 1. The third-order valence-electron chi connectivity index (χ3n) is 4.44. The van der Waals surface area contributed by atoms with E-state index in [1.165, 1.54) is 23.9 Å². The number of nitrogens with one attached hydrogen (secondary N) is 1. The van der Waals surface area contributed by atoms with Crippen LogP contribution in [-0.2, 0) is 9.53 Å². The predicted molar refractivity (Wildman–Crippen MR) is 105 cm³/mol. The van der Waals surface area contributed by atoms with E-state index in [0.717, 1.165) is 16.3 Å². The molecule has 0 unspecified atom stereocenters. The highest BCUT2D eigenvalue weighted by Gasteiger charge is 2.23. The quantitative estimate of drug-likeness (QED) is 0.496. The Balaban J connectivity index is 1.75. The molecule has 2 aromatic carbocycles. The molecule has 8 heteroatoms. The lowest BCUT2D eigenvalue weighted by Crippen LogP contribution is -2.36. The third kappa shape index (κ3) is 3.67. The van der Waals surface area contributed by atoms with Gasteiger partial charge in [0.15, 0.2) is 0 Å². The van der Waals surface area contributed by atoms with Crippen LogP contribution in [0.1, 0.15) is 5.56 Å². The number of hydrogen-bond acceptors (Lipinski definition) is 6. The van der Waals surface area contributed by atoms with Gasteiger partial charge in [-0.3, -0.25) is 14.9 Å². The first-order valence-electron chi connectivity index (χ1n) is 8.53. The number of non-ortho nitro benzene ring substituents is 1. The lowest BCUT2D eigenvalue weighted by Gasteiger charge is -2.30. The fraction of sp³-hybridized carbons (Fsp3) is 0.211. The van der Waals surface area contributed by atoms with Crippen LogP contribution in [0.3, 0.4) is 0 Å². The molecule has 27 heavy (non-hydrogen) atoms. The number of fused-ring (bicyclic) bond motifs is 1. The summed E-state index contributed by atoms with van der Waals surface area (Å²) in [4.78, 5) is 26.9. The van der Waals surface area contributed by atoms with Gasteiger partial charge in [-0.1, -0.05) is 23.9 Å². The Labute approximate surface area is 160 Å². The number of thioether (sulfide) groups is 1. The van der Waals surface area contributed by atoms with E-state index in [0.29, 0.717) is 36.8 Å². The first-order chi connectivity index (χ1) is 13.1. The number of nitro benzene ring substituents is 1. The van der Waals surface area contributed by atoms with E-state index in [9.17, 15) is 14.9 Å². The van der Waals surface area contributed by atoms with E-state index in [-0.39, 0.29) is 11.6 Å². The SMILES string of the molecule is O=C1Nc2ccccc2S/C1=C\c1cc([N+](=O)[O-])ccc1N1CCOCC1. The van der Waals surface area contributed by atoms with Gasteiger partial charge in [-0.2, -0.15) is 0 Å². The lowest BCUT2D eigenvalue weighted by molar-refractivity contribution is -0.384. The highest BCUT2D eigenvalue weighted by atomic mass is 32.2. The largest absolute Gasteiger partial charge is 0.378 e. The van der Waals surface area contributed by atoms with E-state index < -0.39 is 4.92 Å². The second kappa shape index (κ2) is 7.42. The van der Waals surface area contributed by atoms with Crippen LogP contribution >= 0.6 is 11.8 Å². The average Bonchev–Trinajstić information content (AvgIpc) is 2.69. The number of para-hydroxylation sites is 1. The number of hydrogen-bond donors (Lipinski definition) is 1. The number of anilines is 2. The minimum absolute atomic E-state index is 0.000442. The highest BCUT2D eigenvalue weighted by Crippen LogP contribution is 2.40. The van der Waals surface area contributed by atoms with Crippen molar-refractivity contribution in [3.63, 3.8) is 0 Å². The zero-order valence-electron chi connectivity index (χ0n) is 14.4. The molecule has 2 aliphatic heterocycles. The van der Waals surface area contributed by atoms with Crippen LogP contribution in [0.4, 0.5) is 17.1 Å². The lowest BCUT2D eigenvalue weighted by atomic mass is 10.1. The van der Waals surface area contributed by atoms with E-state index in [4.69, 9.17) is 4.74 Å². The van der Waals surface area contributed by atoms with Crippen LogP contribution in [0.5, 0.6) is 0 Å². The number of ether oxygens (including phenoxy) is 1. The first kappa shape index (κ1) is 17.6. The Bertz CT molecular complexity index is 938. The Morgan fingerprint density at radius 3 is 2.74 bits per heavy atom. The van der Waals surface area contributed by atoms with Gasteiger partial charge in [0.05, 0.1) is 28.7 Å². The molecule has 1 fully saturated rings. The fourth-order valence-electron chi connectivity index (χ4n) is 3.11. The first-order valence-corrected chi connectivity index (χ1v) is 9.34. The van der Waals surface area contributed by atoms with Crippen LogP contribution in [0, 0.1) is 10.1 Å². The molecule has 0 aliphatic carbocycles. The predicted octanol–water partition coefficient (Wildman–Crippen LogP) is 3.52. The smallest absolute Gasteiger partial charge is 0.270 e. The van der Waals surface area contributed by atoms with Crippen LogP contribution in [-0.4, -0.2) is 37.1 Å². The normalized spacial score (nSPS) is 18.1. The standard InChI is InChI=1S/C19H17N3O4S/c23-19-18(27-17-4-2-1-3-15(17)20-19)12-13-11-14(22(24)25)5-6-16(13)21-7-9-26-10-8-21/h1-6,11-12H,7-10H2,(H,20,23)/b18-12-. The van der Waals surface area contributed by atoms with Gasteiger partial charge < -0.3 is 15.0 Å². The fourth-order valence-corrected chi connectivity index (χ4v) is 4.05. The van der Waals surface area contributed by atoms with Gasteiger partial charge in [0.2, 0.25) is 0 Å². The van der Waals surface area contributed by atoms with E-state index in [1.54, 1.807) is 12.1 Å². The van der Waals surface area contributed by atoms with Crippen molar-refractivity contribution in [1.29, 1.82) is 0 Å². The Hall–Kier alpha value is -2.84. The van der Waals surface area contributed by atoms with E-state index in [1.807, 2.05) is 24.3 Å². The number of benzene rings is 2. The molecular formula is C19H17N3O4S. The molecule has 2 aromatic rings. The molecule has 0 bridgehead atoms. The Morgan fingerprint density at radius 1 is 1.19 bits per heavy atom. The van der Waals surface area contributed by atoms with Gasteiger partial charge in [0.1, 0.15) is 0 Å². The van der Waals surface area contributed by atoms with Crippen molar-refractivity contribution >= 4 is 40.8 Å². The minimum atomic E-state index is -0.422. The van der Waals surface area contributed by atoms with Crippen LogP contribution in [0.2, 0.25) is 0 Å². The van der Waals surface area contributed by atoms with Gasteiger partial charge in [0, 0.05) is 41.4 Å². The van der Waals surface area contributed by atoms with E-state index in [2.05, 4.69) is 10.2 Å². The number of morpholine rings is 1. The molecule has 2 heterocycles. The maximum absolute atomic E-state index is 12.5. The molecule has 0 atom stereocenters. The molecule has 0 radical (unpaired) electrons. The minimum Gasteiger partial charge on any atom is -0.378 e. The summed E-state index contributed by atoms with van der Waals surface area (Å²) in [6, 6.07) is 12.3. The van der Waals surface area contributed by atoms with Crippen molar-refractivity contribution in [3.05, 3.63) is 63.0 Å². The second-order valence-electron chi connectivity index (χ2n) is 6.16. The van der Waals surface area contributed by atoms with Crippen LogP contribution < -0.4 is 10.2 Å². The average molecular weight is 383 g/mol. The summed E-state index contributed by atoms with van der Waals surface area (Å²) in [7, 11) is 0. The summed E-state index contributed by atoms with van der Waals surface area (Å²) in [6.07, 6.45) is 1.73. The highest BCUT2D eigenvalue weighted by molar-refractivity contribution is 8.04. The molecule has 4 rings (SSSR count). The van der Waals surface area contributed by atoms with Crippen molar-refractivity contribution in [2.24, 2.45) is 0 Å². The van der Waals surface area contributed by atoms with Crippen molar-refractivity contribution < 1.29 is 14.5 Å². The second-order valence-corrected chi connectivity index (χ2v) is 7.24. The molecular weight excluding hydrogens is 366 g/mol. The van der Waals surface area contributed by atoms with E-state index >= 15 is 0 Å². The van der Waals surface area contributed by atoms with Gasteiger partial charge in [0.25, 0.3) is 11.6 Å². The molecule has 7 nitrogen and oxygen atoms in total. The van der Waals surface area contributed by atoms with Crippen molar-refractivity contribution in [1.82, 2.24) is 0 Å². The van der Waals surface area contributed by atoms with Crippen molar-refractivity contribution in [2.75, 3.05) is 36.5 Å². The monoisotopic (exact) mass is 383 g/mol. The molecule has 0 saturated carbocycles. The molecule has 1 N–H and O–H groups in total. The van der Waals surface area contributed by atoms with Gasteiger partial charge in [-0.15, -0.1) is 0 Å². The van der Waals surface area contributed by atoms with Gasteiger partial charge in [-0.25, -0.2) is 0 Å². The summed E-state index contributed by atoms with van der Waals surface area (Å²) in [5, 5.41) is 14.1. The number of carbonyl (C=O) groups excluding carboxylic acids is 1. The zero-order chi connectivity index (χ0) is 18.8. The maximum Gasteiger partial charge on any atom is 0.270 e. The molecule has 0 spiro atoms.